The Balaban J connectivity index is 0.00000121. The maximum absolute atomic E-state index is 10.8. The summed E-state index contributed by atoms with van der Waals surface area (Å²) in [5.74, 6) is 0.850. The Morgan fingerprint density at radius 1 is 1.25 bits per heavy atom. The molecule has 0 atom stereocenters. The number of hydrogen-bond acceptors (Lipinski definition) is 2. The van der Waals surface area contributed by atoms with Gasteiger partial charge in [0, 0.05) is 5.56 Å². The predicted octanol–water partition coefficient (Wildman–Crippen LogP) is 2.53. The fourth-order valence-electron chi connectivity index (χ4n) is 0.826. The van der Waals surface area contributed by atoms with E-state index in [1.165, 1.54) is 0 Å². The Bertz CT molecular complexity index is 249. The van der Waals surface area contributed by atoms with Crippen LogP contribution in [0.5, 0.6) is 5.75 Å². The Kier molecular flexibility index (Phi) is 4.05. The van der Waals surface area contributed by atoms with Gasteiger partial charge in [0.15, 0.2) is 5.78 Å². The SMILES string of the molecule is C.COc1ccc(C(C)=O)cc1. The minimum absolute atomic E-state index is 0. The summed E-state index contributed by atoms with van der Waals surface area (Å²) in [6.45, 7) is 1.54. The second kappa shape index (κ2) is 4.54. The lowest BCUT2D eigenvalue weighted by Crippen LogP contribution is -1.91. The Morgan fingerprint density at radius 2 is 1.75 bits per heavy atom. The van der Waals surface area contributed by atoms with Crippen molar-refractivity contribution in [2.24, 2.45) is 0 Å². The van der Waals surface area contributed by atoms with E-state index in [4.69, 9.17) is 4.74 Å². The molecule has 0 aromatic heterocycles. The number of carbonyl (C=O) groups excluding carboxylic acids is 1. The van der Waals surface area contributed by atoms with Crippen LogP contribution in [0.15, 0.2) is 24.3 Å². The fraction of sp³-hybridized carbons (Fsp3) is 0.300. The first-order valence-electron chi connectivity index (χ1n) is 3.39. The monoisotopic (exact) mass is 166 g/mol. The summed E-state index contributed by atoms with van der Waals surface area (Å²) in [6, 6.07) is 7.05. The molecular formula is C10H14O2. The average molecular weight is 166 g/mol. The molecule has 1 aromatic rings. The molecule has 0 spiro atoms. The number of ketones is 1. The zero-order chi connectivity index (χ0) is 8.27. The topological polar surface area (TPSA) is 26.3 Å². The van der Waals surface area contributed by atoms with Gasteiger partial charge in [-0.1, -0.05) is 7.43 Å². The molecular weight excluding hydrogens is 152 g/mol. The molecule has 0 aliphatic heterocycles. The van der Waals surface area contributed by atoms with Crippen LogP contribution in [0.25, 0.3) is 0 Å². The zero-order valence-corrected chi connectivity index (χ0v) is 6.63. The van der Waals surface area contributed by atoms with E-state index in [9.17, 15) is 4.79 Å². The molecule has 1 rings (SSSR count). The Hall–Kier alpha value is -1.31. The number of hydrogen-bond donors (Lipinski definition) is 0. The van der Waals surface area contributed by atoms with Crippen LogP contribution in [0, 0.1) is 0 Å². The van der Waals surface area contributed by atoms with E-state index in [1.807, 2.05) is 0 Å². The lowest BCUT2D eigenvalue weighted by Gasteiger charge is -1.98. The van der Waals surface area contributed by atoms with Crippen molar-refractivity contribution < 1.29 is 9.53 Å². The van der Waals surface area contributed by atoms with Crippen molar-refractivity contribution in [3.8, 4) is 5.75 Å². The molecule has 2 heteroatoms. The zero-order valence-electron chi connectivity index (χ0n) is 6.63. The Labute approximate surface area is 73.2 Å². The highest BCUT2D eigenvalue weighted by molar-refractivity contribution is 5.94. The van der Waals surface area contributed by atoms with Gasteiger partial charge in [-0.25, -0.2) is 0 Å². The van der Waals surface area contributed by atoms with Gasteiger partial charge in [0.25, 0.3) is 0 Å². The normalized spacial score (nSPS) is 8.50. The highest BCUT2D eigenvalue weighted by Crippen LogP contribution is 2.11. The standard InChI is InChI=1S/C9H10O2.CH4/c1-7(10)8-3-5-9(11-2)6-4-8;/h3-6H,1-2H3;1H4. The van der Waals surface area contributed by atoms with E-state index in [2.05, 4.69) is 0 Å². The van der Waals surface area contributed by atoms with E-state index in [0.29, 0.717) is 5.56 Å². The van der Waals surface area contributed by atoms with Crippen molar-refractivity contribution in [1.82, 2.24) is 0 Å². The molecule has 0 radical (unpaired) electrons. The molecule has 0 unspecified atom stereocenters. The largest absolute Gasteiger partial charge is 0.497 e. The van der Waals surface area contributed by atoms with Gasteiger partial charge >= 0.3 is 0 Å². The van der Waals surface area contributed by atoms with Crippen LogP contribution in [-0.2, 0) is 0 Å². The molecule has 0 saturated carbocycles. The first kappa shape index (κ1) is 10.7. The van der Waals surface area contributed by atoms with Gasteiger partial charge < -0.3 is 4.74 Å². The van der Waals surface area contributed by atoms with Crippen LogP contribution >= 0.6 is 0 Å². The number of rotatable bonds is 2. The number of benzene rings is 1. The number of carbonyl (C=O) groups is 1. The third kappa shape index (κ3) is 2.38. The minimum atomic E-state index is 0. The van der Waals surface area contributed by atoms with Crippen molar-refractivity contribution in [3.63, 3.8) is 0 Å². The third-order valence-electron chi connectivity index (χ3n) is 1.50. The van der Waals surface area contributed by atoms with Gasteiger partial charge in [0.1, 0.15) is 5.75 Å². The second-order valence-corrected chi connectivity index (χ2v) is 2.28. The van der Waals surface area contributed by atoms with Crippen LogP contribution < -0.4 is 4.74 Å². The third-order valence-corrected chi connectivity index (χ3v) is 1.50. The van der Waals surface area contributed by atoms with Gasteiger partial charge in [-0.15, -0.1) is 0 Å². The van der Waals surface area contributed by atoms with Crippen molar-refractivity contribution in [3.05, 3.63) is 29.8 Å². The Morgan fingerprint density at radius 3 is 2.08 bits per heavy atom. The van der Waals surface area contributed by atoms with E-state index < -0.39 is 0 Å². The highest BCUT2D eigenvalue weighted by atomic mass is 16.5. The van der Waals surface area contributed by atoms with Crippen LogP contribution in [0.1, 0.15) is 24.7 Å². The van der Waals surface area contributed by atoms with Crippen LogP contribution in [0.2, 0.25) is 0 Å². The van der Waals surface area contributed by atoms with Crippen LogP contribution in [0.4, 0.5) is 0 Å². The van der Waals surface area contributed by atoms with Gasteiger partial charge in [0.2, 0.25) is 0 Å². The van der Waals surface area contributed by atoms with Gasteiger partial charge in [-0.3, -0.25) is 4.79 Å². The smallest absolute Gasteiger partial charge is 0.159 e. The fourth-order valence-corrected chi connectivity index (χ4v) is 0.826. The molecule has 0 aliphatic rings. The number of ether oxygens (including phenoxy) is 1. The molecule has 66 valence electrons. The molecule has 0 amide bonds. The van der Waals surface area contributed by atoms with Gasteiger partial charge in [-0.2, -0.15) is 0 Å². The van der Waals surface area contributed by atoms with Crippen molar-refractivity contribution in [2.75, 3.05) is 7.11 Å². The summed E-state index contributed by atoms with van der Waals surface area (Å²) >= 11 is 0. The average Bonchev–Trinajstić information content (AvgIpc) is 2.05. The number of methoxy groups -OCH3 is 1. The summed E-state index contributed by atoms with van der Waals surface area (Å²) in [5, 5.41) is 0. The lowest BCUT2D eigenvalue weighted by molar-refractivity contribution is 0.101. The lowest BCUT2D eigenvalue weighted by atomic mass is 10.1. The van der Waals surface area contributed by atoms with Crippen molar-refractivity contribution in [2.45, 2.75) is 14.4 Å². The van der Waals surface area contributed by atoms with Crippen molar-refractivity contribution in [1.29, 1.82) is 0 Å². The summed E-state index contributed by atoms with van der Waals surface area (Å²) in [6.07, 6.45) is 0. The summed E-state index contributed by atoms with van der Waals surface area (Å²) in [4.78, 5) is 10.8. The van der Waals surface area contributed by atoms with Gasteiger partial charge in [-0.05, 0) is 31.2 Å². The minimum Gasteiger partial charge on any atom is -0.497 e. The molecule has 0 fully saturated rings. The van der Waals surface area contributed by atoms with Crippen molar-refractivity contribution >= 4 is 5.78 Å². The quantitative estimate of drug-likeness (QED) is 0.631. The van der Waals surface area contributed by atoms with E-state index >= 15 is 0 Å². The van der Waals surface area contributed by atoms with E-state index in [0.717, 1.165) is 5.75 Å². The molecule has 0 saturated heterocycles. The number of Topliss-reactive ketones (excluding diaryl/α,β-unsaturated/α-hetero) is 1. The molecule has 12 heavy (non-hydrogen) atoms. The summed E-state index contributed by atoms with van der Waals surface area (Å²) in [7, 11) is 1.60. The van der Waals surface area contributed by atoms with E-state index in [-0.39, 0.29) is 13.2 Å². The summed E-state index contributed by atoms with van der Waals surface area (Å²) < 4.78 is 4.94. The molecule has 0 N–H and O–H groups in total. The molecule has 1 aromatic carbocycles. The highest BCUT2D eigenvalue weighted by Gasteiger charge is 1.97. The maximum Gasteiger partial charge on any atom is 0.159 e. The van der Waals surface area contributed by atoms with E-state index in [1.54, 1.807) is 38.3 Å². The first-order valence-corrected chi connectivity index (χ1v) is 3.39. The van der Waals surface area contributed by atoms with Crippen LogP contribution in [0.3, 0.4) is 0 Å². The molecule has 0 heterocycles. The molecule has 2 nitrogen and oxygen atoms in total. The van der Waals surface area contributed by atoms with Crippen LogP contribution in [-0.4, -0.2) is 12.9 Å². The first-order chi connectivity index (χ1) is 5.24. The molecule has 0 aliphatic carbocycles. The maximum atomic E-state index is 10.8. The molecule has 0 bridgehead atoms. The summed E-state index contributed by atoms with van der Waals surface area (Å²) in [5.41, 5.74) is 0.714. The van der Waals surface area contributed by atoms with Gasteiger partial charge in [0.05, 0.1) is 7.11 Å². The predicted molar refractivity (Wildman–Crippen MR) is 49.7 cm³/mol. The second-order valence-electron chi connectivity index (χ2n) is 2.28.